The first-order chi connectivity index (χ1) is 6.70. The monoisotopic (exact) mass is 229 g/mol. The van der Waals surface area contributed by atoms with Crippen LogP contribution in [0.5, 0.6) is 11.5 Å². The van der Waals surface area contributed by atoms with Crippen LogP contribution in [0.3, 0.4) is 0 Å². The van der Waals surface area contributed by atoms with Gasteiger partial charge in [-0.1, -0.05) is 18.2 Å². The van der Waals surface area contributed by atoms with Crippen molar-refractivity contribution in [1.29, 1.82) is 0 Å². The second-order valence-electron chi connectivity index (χ2n) is 2.89. The van der Waals surface area contributed by atoms with Gasteiger partial charge < -0.3 is 15.6 Å². The van der Waals surface area contributed by atoms with E-state index in [-0.39, 0.29) is 24.2 Å². The van der Waals surface area contributed by atoms with E-state index in [0.717, 1.165) is 0 Å². The van der Waals surface area contributed by atoms with Gasteiger partial charge in [-0.3, -0.25) is 0 Å². The van der Waals surface area contributed by atoms with Gasteiger partial charge >= 0.3 is 0 Å². The standard InChI is InChI=1S/C11H15NO2.ClH/c1-3-9(12)8-6-5-7-10(11(8)13)14-4-2;/h3,5-7,9,13H,1,4,12H2,2H3;1H/t9-;/m1./s1. The Morgan fingerprint density at radius 2 is 2.27 bits per heavy atom. The third kappa shape index (κ3) is 3.15. The van der Waals surface area contributed by atoms with Gasteiger partial charge in [-0.15, -0.1) is 19.0 Å². The van der Waals surface area contributed by atoms with Crippen LogP contribution in [-0.2, 0) is 0 Å². The zero-order valence-electron chi connectivity index (χ0n) is 8.64. The first kappa shape index (κ1) is 13.8. The van der Waals surface area contributed by atoms with Crippen LogP contribution < -0.4 is 10.5 Å². The summed E-state index contributed by atoms with van der Waals surface area (Å²) in [5, 5.41) is 9.77. The molecular weight excluding hydrogens is 214 g/mol. The third-order valence-corrected chi connectivity index (χ3v) is 1.94. The lowest BCUT2D eigenvalue weighted by atomic mass is 10.1. The number of hydrogen-bond donors (Lipinski definition) is 2. The van der Waals surface area contributed by atoms with Gasteiger partial charge in [-0.25, -0.2) is 0 Å². The number of hydrogen-bond acceptors (Lipinski definition) is 3. The summed E-state index contributed by atoms with van der Waals surface area (Å²) < 4.78 is 5.23. The highest BCUT2D eigenvalue weighted by Crippen LogP contribution is 2.32. The molecule has 0 bridgehead atoms. The molecule has 1 aromatic rings. The van der Waals surface area contributed by atoms with Crippen molar-refractivity contribution in [2.24, 2.45) is 5.73 Å². The third-order valence-electron chi connectivity index (χ3n) is 1.94. The minimum Gasteiger partial charge on any atom is -0.504 e. The minimum absolute atomic E-state index is 0. The molecule has 1 rings (SSSR count). The predicted molar refractivity (Wildman–Crippen MR) is 63.6 cm³/mol. The Kier molecular flexibility index (Phi) is 5.82. The molecule has 0 aliphatic rings. The molecule has 0 aliphatic heterocycles. The smallest absolute Gasteiger partial charge is 0.162 e. The van der Waals surface area contributed by atoms with Crippen molar-refractivity contribution in [3.63, 3.8) is 0 Å². The lowest BCUT2D eigenvalue weighted by Crippen LogP contribution is -2.07. The van der Waals surface area contributed by atoms with Crippen molar-refractivity contribution in [2.45, 2.75) is 13.0 Å². The SMILES string of the molecule is C=C[C@@H](N)c1cccc(OCC)c1O.Cl. The highest BCUT2D eigenvalue weighted by atomic mass is 35.5. The van der Waals surface area contributed by atoms with Crippen LogP contribution in [0.1, 0.15) is 18.5 Å². The summed E-state index contributed by atoms with van der Waals surface area (Å²) >= 11 is 0. The minimum atomic E-state index is -0.365. The molecule has 0 unspecified atom stereocenters. The maximum atomic E-state index is 9.77. The van der Waals surface area contributed by atoms with Crippen molar-refractivity contribution in [3.8, 4) is 11.5 Å². The zero-order valence-corrected chi connectivity index (χ0v) is 9.46. The molecule has 0 aliphatic carbocycles. The summed E-state index contributed by atoms with van der Waals surface area (Å²) in [7, 11) is 0. The summed E-state index contributed by atoms with van der Waals surface area (Å²) in [6.45, 7) is 5.95. The van der Waals surface area contributed by atoms with Gasteiger partial charge in [-0.05, 0) is 13.0 Å². The molecule has 0 spiro atoms. The van der Waals surface area contributed by atoms with Crippen LogP contribution in [-0.4, -0.2) is 11.7 Å². The average Bonchev–Trinajstić information content (AvgIpc) is 2.20. The van der Waals surface area contributed by atoms with Gasteiger partial charge in [0.15, 0.2) is 11.5 Å². The maximum Gasteiger partial charge on any atom is 0.162 e. The first-order valence-electron chi connectivity index (χ1n) is 4.53. The van der Waals surface area contributed by atoms with Crippen LogP contribution in [0.4, 0.5) is 0 Å². The number of phenols is 1. The van der Waals surface area contributed by atoms with E-state index >= 15 is 0 Å². The van der Waals surface area contributed by atoms with Crippen molar-refractivity contribution < 1.29 is 9.84 Å². The lowest BCUT2D eigenvalue weighted by Gasteiger charge is -2.12. The number of aromatic hydroxyl groups is 1. The van der Waals surface area contributed by atoms with Crippen molar-refractivity contribution in [1.82, 2.24) is 0 Å². The maximum absolute atomic E-state index is 9.77. The fraction of sp³-hybridized carbons (Fsp3) is 0.273. The van der Waals surface area contributed by atoms with E-state index in [0.29, 0.717) is 17.9 Å². The lowest BCUT2D eigenvalue weighted by molar-refractivity contribution is 0.316. The average molecular weight is 230 g/mol. The number of phenolic OH excluding ortho intramolecular Hbond substituents is 1. The van der Waals surface area contributed by atoms with E-state index in [1.165, 1.54) is 0 Å². The molecule has 1 aromatic carbocycles. The van der Waals surface area contributed by atoms with Gasteiger partial charge in [0.25, 0.3) is 0 Å². The van der Waals surface area contributed by atoms with Crippen molar-refractivity contribution >= 4 is 12.4 Å². The second kappa shape index (κ2) is 6.32. The molecule has 4 heteroatoms. The van der Waals surface area contributed by atoms with Gasteiger partial charge in [-0.2, -0.15) is 0 Å². The Morgan fingerprint density at radius 1 is 1.60 bits per heavy atom. The topological polar surface area (TPSA) is 55.5 Å². The van der Waals surface area contributed by atoms with E-state index in [2.05, 4.69) is 6.58 Å². The molecule has 0 saturated heterocycles. The fourth-order valence-corrected chi connectivity index (χ4v) is 1.21. The summed E-state index contributed by atoms with van der Waals surface area (Å²) in [5.41, 5.74) is 6.36. The molecule has 3 nitrogen and oxygen atoms in total. The highest BCUT2D eigenvalue weighted by Gasteiger charge is 2.11. The summed E-state index contributed by atoms with van der Waals surface area (Å²) in [6.07, 6.45) is 1.57. The van der Waals surface area contributed by atoms with E-state index in [1.54, 1.807) is 24.3 Å². The summed E-state index contributed by atoms with van der Waals surface area (Å²) in [5.74, 6) is 0.559. The van der Waals surface area contributed by atoms with Gasteiger partial charge in [0.05, 0.1) is 12.6 Å². The molecule has 84 valence electrons. The zero-order chi connectivity index (χ0) is 10.6. The highest BCUT2D eigenvalue weighted by molar-refractivity contribution is 5.85. The number of ether oxygens (including phenoxy) is 1. The fourth-order valence-electron chi connectivity index (χ4n) is 1.21. The molecular formula is C11H16ClNO2. The Hall–Kier alpha value is -1.19. The molecule has 0 saturated carbocycles. The molecule has 0 aromatic heterocycles. The van der Waals surface area contributed by atoms with E-state index < -0.39 is 0 Å². The molecule has 15 heavy (non-hydrogen) atoms. The van der Waals surface area contributed by atoms with Crippen LogP contribution in [0.2, 0.25) is 0 Å². The van der Waals surface area contributed by atoms with Gasteiger partial charge in [0.1, 0.15) is 0 Å². The van der Waals surface area contributed by atoms with Crippen LogP contribution in [0.25, 0.3) is 0 Å². The summed E-state index contributed by atoms with van der Waals surface area (Å²) in [4.78, 5) is 0. The Morgan fingerprint density at radius 3 is 2.80 bits per heavy atom. The van der Waals surface area contributed by atoms with Gasteiger partial charge in [0.2, 0.25) is 0 Å². The predicted octanol–water partition coefficient (Wildman–Crippen LogP) is 2.40. The first-order valence-corrected chi connectivity index (χ1v) is 4.53. The molecule has 0 amide bonds. The number of para-hydroxylation sites is 1. The molecule has 3 N–H and O–H groups in total. The number of benzene rings is 1. The van der Waals surface area contributed by atoms with Crippen molar-refractivity contribution in [3.05, 3.63) is 36.4 Å². The largest absolute Gasteiger partial charge is 0.504 e. The Bertz CT molecular complexity index is 328. The molecule has 0 fully saturated rings. The molecule has 0 heterocycles. The van der Waals surface area contributed by atoms with E-state index in [9.17, 15) is 5.11 Å². The van der Waals surface area contributed by atoms with Crippen LogP contribution >= 0.6 is 12.4 Å². The number of halogens is 1. The normalized spacial score (nSPS) is 11.3. The van der Waals surface area contributed by atoms with Gasteiger partial charge in [0, 0.05) is 5.56 Å². The van der Waals surface area contributed by atoms with E-state index in [4.69, 9.17) is 10.5 Å². The quantitative estimate of drug-likeness (QED) is 0.780. The number of nitrogens with two attached hydrogens (primary N) is 1. The van der Waals surface area contributed by atoms with Crippen LogP contribution in [0, 0.1) is 0 Å². The Labute approximate surface area is 96.0 Å². The Balaban J connectivity index is 0.00000196. The molecule has 0 radical (unpaired) electrons. The summed E-state index contributed by atoms with van der Waals surface area (Å²) in [6, 6.07) is 4.89. The molecule has 1 atom stereocenters. The number of rotatable bonds is 4. The van der Waals surface area contributed by atoms with E-state index in [1.807, 2.05) is 6.92 Å². The van der Waals surface area contributed by atoms with Crippen molar-refractivity contribution in [2.75, 3.05) is 6.61 Å². The second-order valence-corrected chi connectivity index (χ2v) is 2.89. The van der Waals surface area contributed by atoms with Crippen LogP contribution in [0.15, 0.2) is 30.9 Å².